The molecule has 0 atom stereocenters. The number of benzene rings is 1. The Morgan fingerprint density at radius 2 is 1.48 bits per heavy atom. The lowest BCUT2D eigenvalue weighted by Gasteiger charge is -2.12. The van der Waals surface area contributed by atoms with Gasteiger partial charge in [0.2, 0.25) is 0 Å². The predicted octanol–water partition coefficient (Wildman–Crippen LogP) is 4.53. The molecular formula is C18H22O4S. The first-order chi connectivity index (χ1) is 10.9. The third-order valence-corrected chi connectivity index (χ3v) is 4.01. The molecular weight excluding hydrogens is 312 g/mol. The largest absolute Gasteiger partial charge is 0.462 e. The van der Waals surface area contributed by atoms with E-state index in [9.17, 15) is 9.59 Å². The third-order valence-electron chi connectivity index (χ3n) is 3.13. The van der Waals surface area contributed by atoms with Crippen LogP contribution in [0.4, 0.5) is 0 Å². The van der Waals surface area contributed by atoms with Crippen molar-refractivity contribution in [2.24, 2.45) is 11.8 Å². The van der Waals surface area contributed by atoms with Crippen molar-refractivity contribution < 1.29 is 19.1 Å². The summed E-state index contributed by atoms with van der Waals surface area (Å²) in [7, 11) is 0. The number of ether oxygens (including phenoxy) is 2. The van der Waals surface area contributed by atoms with Gasteiger partial charge in [-0.25, -0.2) is 9.59 Å². The van der Waals surface area contributed by atoms with Gasteiger partial charge in [-0.15, -0.1) is 11.3 Å². The van der Waals surface area contributed by atoms with Crippen molar-refractivity contribution in [2.75, 3.05) is 13.2 Å². The van der Waals surface area contributed by atoms with Crippen molar-refractivity contribution in [2.45, 2.75) is 27.7 Å². The van der Waals surface area contributed by atoms with Crippen LogP contribution in [0.25, 0.3) is 10.1 Å². The predicted molar refractivity (Wildman–Crippen MR) is 92.1 cm³/mol. The van der Waals surface area contributed by atoms with Crippen LogP contribution in [-0.2, 0) is 9.47 Å². The Hall–Kier alpha value is -1.88. The number of hydrogen-bond acceptors (Lipinski definition) is 5. The summed E-state index contributed by atoms with van der Waals surface area (Å²) in [6.45, 7) is 8.50. The van der Waals surface area contributed by atoms with E-state index in [1.807, 2.05) is 39.1 Å². The molecule has 1 heterocycles. The fraction of sp³-hybridized carbons (Fsp3) is 0.444. The highest BCUT2D eigenvalue weighted by Gasteiger charge is 2.21. The van der Waals surface area contributed by atoms with Crippen LogP contribution >= 0.6 is 11.3 Å². The molecule has 0 radical (unpaired) electrons. The van der Waals surface area contributed by atoms with Gasteiger partial charge in [-0.05, 0) is 40.8 Å². The Balaban J connectivity index is 2.33. The number of carbonyl (C=O) groups is 2. The number of esters is 2. The number of rotatable bonds is 6. The number of thiophene rings is 1. The minimum atomic E-state index is -0.483. The van der Waals surface area contributed by atoms with Crippen molar-refractivity contribution in [1.29, 1.82) is 0 Å². The van der Waals surface area contributed by atoms with Crippen molar-refractivity contribution in [3.8, 4) is 0 Å². The molecule has 2 rings (SSSR count). The second kappa shape index (κ2) is 7.59. The van der Waals surface area contributed by atoms with Crippen LogP contribution in [0.5, 0.6) is 0 Å². The minimum absolute atomic E-state index is 0.236. The Labute approximate surface area is 140 Å². The maximum Gasteiger partial charge on any atom is 0.339 e. The Bertz CT molecular complexity index is 642. The summed E-state index contributed by atoms with van der Waals surface area (Å²) in [5, 5.41) is 2.85. The summed E-state index contributed by atoms with van der Waals surface area (Å²) in [5.74, 6) is -0.491. The minimum Gasteiger partial charge on any atom is -0.462 e. The van der Waals surface area contributed by atoms with Gasteiger partial charge < -0.3 is 9.47 Å². The van der Waals surface area contributed by atoms with Gasteiger partial charge >= 0.3 is 11.9 Å². The van der Waals surface area contributed by atoms with E-state index in [0.717, 1.165) is 10.1 Å². The van der Waals surface area contributed by atoms with Crippen LogP contribution in [0.2, 0.25) is 0 Å². The molecule has 1 aromatic heterocycles. The highest BCUT2D eigenvalue weighted by Crippen LogP contribution is 2.26. The van der Waals surface area contributed by atoms with Gasteiger partial charge in [0.05, 0.1) is 24.3 Å². The van der Waals surface area contributed by atoms with Gasteiger partial charge in [0.25, 0.3) is 0 Å². The molecule has 0 aliphatic heterocycles. The maximum atomic E-state index is 12.4. The van der Waals surface area contributed by atoms with Crippen LogP contribution in [-0.4, -0.2) is 25.2 Å². The average Bonchev–Trinajstić information content (AvgIpc) is 2.96. The van der Waals surface area contributed by atoms with E-state index >= 15 is 0 Å². The molecule has 0 amide bonds. The first-order valence-corrected chi connectivity index (χ1v) is 8.62. The first-order valence-electron chi connectivity index (χ1n) is 7.74. The van der Waals surface area contributed by atoms with Crippen molar-refractivity contribution in [3.63, 3.8) is 0 Å². The van der Waals surface area contributed by atoms with E-state index in [1.165, 1.54) is 11.3 Å². The number of carbonyl (C=O) groups excluding carboxylic acids is 2. The molecule has 0 bridgehead atoms. The zero-order chi connectivity index (χ0) is 17.0. The first kappa shape index (κ1) is 17.5. The van der Waals surface area contributed by atoms with Crippen LogP contribution in [0.3, 0.4) is 0 Å². The van der Waals surface area contributed by atoms with E-state index in [0.29, 0.717) is 13.2 Å². The van der Waals surface area contributed by atoms with Crippen molar-refractivity contribution in [1.82, 2.24) is 0 Å². The quantitative estimate of drug-likeness (QED) is 0.729. The summed E-state index contributed by atoms with van der Waals surface area (Å²) in [6, 6.07) is 5.34. The van der Waals surface area contributed by atoms with E-state index in [-0.39, 0.29) is 23.0 Å². The normalized spacial score (nSPS) is 11.2. The summed E-state index contributed by atoms with van der Waals surface area (Å²) < 4.78 is 11.5. The van der Waals surface area contributed by atoms with Crippen LogP contribution in [0, 0.1) is 11.8 Å². The molecule has 1 aromatic carbocycles. The van der Waals surface area contributed by atoms with Crippen LogP contribution in [0.15, 0.2) is 23.6 Å². The highest BCUT2D eigenvalue weighted by molar-refractivity contribution is 7.17. The second-order valence-electron chi connectivity index (χ2n) is 6.34. The van der Waals surface area contributed by atoms with Gasteiger partial charge in [-0.3, -0.25) is 0 Å². The lowest BCUT2D eigenvalue weighted by atomic mass is 10.1. The zero-order valence-corrected chi connectivity index (χ0v) is 14.7. The molecule has 0 spiro atoms. The zero-order valence-electron chi connectivity index (χ0n) is 13.9. The molecule has 0 saturated carbocycles. The molecule has 2 aromatic rings. The molecule has 0 unspecified atom stereocenters. The molecule has 0 aliphatic rings. The highest BCUT2D eigenvalue weighted by atomic mass is 32.1. The van der Waals surface area contributed by atoms with Gasteiger partial charge in [0.15, 0.2) is 0 Å². The van der Waals surface area contributed by atoms with Crippen LogP contribution < -0.4 is 0 Å². The molecule has 4 nitrogen and oxygen atoms in total. The summed E-state index contributed by atoms with van der Waals surface area (Å²) >= 11 is 1.52. The topological polar surface area (TPSA) is 52.6 Å². The summed E-state index contributed by atoms with van der Waals surface area (Å²) in [4.78, 5) is 24.7. The fourth-order valence-corrected chi connectivity index (χ4v) is 2.80. The lowest BCUT2D eigenvalue weighted by Crippen LogP contribution is -2.17. The smallest absolute Gasteiger partial charge is 0.339 e. The van der Waals surface area contributed by atoms with E-state index in [2.05, 4.69) is 0 Å². The fourth-order valence-electron chi connectivity index (χ4n) is 1.99. The number of hydrogen-bond donors (Lipinski definition) is 0. The summed E-state index contributed by atoms with van der Waals surface area (Å²) in [5.41, 5.74) is 0.541. The molecule has 0 saturated heterocycles. The van der Waals surface area contributed by atoms with Gasteiger partial charge in [0, 0.05) is 4.70 Å². The van der Waals surface area contributed by atoms with Gasteiger partial charge in [-0.2, -0.15) is 0 Å². The molecule has 0 N–H and O–H groups in total. The average molecular weight is 334 g/mol. The van der Waals surface area contributed by atoms with E-state index < -0.39 is 11.9 Å². The maximum absolute atomic E-state index is 12.4. The Morgan fingerprint density at radius 1 is 0.957 bits per heavy atom. The molecule has 5 heteroatoms. The van der Waals surface area contributed by atoms with Crippen molar-refractivity contribution in [3.05, 3.63) is 34.7 Å². The Kier molecular flexibility index (Phi) is 5.77. The monoisotopic (exact) mass is 334 g/mol. The van der Waals surface area contributed by atoms with E-state index in [4.69, 9.17) is 9.47 Å². The molecule has 124 valence electrons. The molecule has 0 fully saturated rings. The molecule has 0 aliphatic carbocycles. The third kappa shape index (κ3) is 4.55. The van der Waals surface area contributed by atoms with Crippen molar-refractivity contribution >= 4 is 33.4 Å². The van der Waals surface area contributed by atoms with Crippen LogP contribution in [0.1, 0.15) is 48.4 Å². The SMILES string of the molecule is CC(C)COC(=O)c1cc2ccsc2cc1C(=O)OCC(C)C. The standard InChI is InChI=1S/C18H22O4S/c1-11(2)9-21-17(19)14-7-13-5-6-23-16(13)8-15(14)18(20)22-10-12(3)4/h5-8,11-12H,9-10H2,1-4H3. The Morgan fingerprint density at radius 3 is 2.00 bits per heavy atom. The molecule has 23 heavy (non-hydrogen) atoms. The second-order valence-corrected chi connectivity index (χ2v) is 7.29. The summed E-state index contributed by atoms with van der Waals surface area (Å²) in [6.07, 6.45) is 0. The number of fused-ring (bicyclic) bond motifs is 1. The van der Waals surface area contributed by atoms with E-state index in [1.54, 1.807) is 12.1 Å². The van der Waals surface area contributed by atoms with Gasteiger partial charge in [0.1, 0.15) is 0 Å². The van der Waals surface area contributed by atoms with Gasteiger partial charge in [-0.1, -0.05) is 27.7 Å². The lowest BCUT2D eigenvalue weighted by molar-refractivity contribution is 0.0413.